The number of nitrogens with two attached hydrogens (primary N) is 1. The lowest BCUT2D eigenvalue weighted by Gasteiger charge is -2.20. The van der Waals surface area contributed by atoms with Crippen molar-refractivity contribution in [3.63, 3.8) is 0 Å². The number of benzene rings is 1. The number of hydrogen-bond donors (Lipinski definition) is 3. The van der Waals surface area contributed by atoms with E-state index in [0.29, 0.717) is 11.7 Å². The molecule has 0 aliphatic carbocycles. The molecule has 0 aliphatic rings. The fourth-order valence-electron chi connectivity index (χ4n) is 2.09. The van der Waals surface area contributed by atoms with Gasteiger partial charge in [0.15, 0.2) is 0 Å². The van der Waals surface area contributed by atoms with Crippen molar-refractivity contribution in [3.8, 4) is 0 Å². The molecule has 2 rings (SSSR count). The third-order valence-electron chi connectivity index (χ3n) is 3.22. The zero-order chi connectivity index (χ0) is 14.5. The molecule has 1 heterocycles. The molecule has 0 radical (unpaired) electrons. The summed E-state index contributed by atoms with van der Waals surface area (Å²) in [6.07, 6.45) is 0. The second-order valence-electron chi connectivity index (χ2n) is 4.78. The predicted molar refractivity (Wildman–Crippen MR) is 83.9 cm³/mol. The highest BCUT2D eigenvalue weighted by Gasteiger charge is 2.11. The molecule has 0 fully saturated rings. The smallest absolute Gasteiger partial charge is 0.316 e. The minimum absolute atomic E-state index is 0.229. The van der Waals surface area contributed by atoms with Crippen molar-refractivity contribution in [2.75, 3.05) is 5.32 Å². The summed E-state index contributed by atoms with van der Waals surface area (Å²) in [7, 11) is 0. The van der Waals surface area contributed by atoms with Gasteiger partial charge in [0.25, 0.3) is 0 Å². The van der Waals surface area contributed by atoms with Crippen molar-refractivity contribution in [2.24, 2.45) is 5.73 Å². The maximum Gasteiger partial charge on any atom is 0.316 e. The number of nitrogens with one attached hydrogen (secondary N) is 2. The molecule has 0 saturated carbocycles. The van der Waals surface area contributed by atoms with Crippen LogP contribution in [0.5, 0.6) is 0 Å². The Balaban J connectivity index is 1.98. The van der Waals surface area contributed by atoms with Gasteiger partial charge in [0.2, 0.25) is 0 Å². The van der Waals surface area contributed by atoms with E-state index in [9.17, 15) is 4.79 Å². The van der Waals surface area contributed by atoms with E-state index in [1.807, 2.05) is 24.3 Å². The van der Waals surface area contributed by atoms with Gasteiger partial charge in [-0.25, -0.2) is 4.79 Å². The van der Waals surface area contributed by atoms with Crippen molar-refractivity contribution >= 4 is 23.1 Å². The van der Waals surface area contributed by atoms with Gasteiger partial charge in [0.1, 0.15) is 0 Å². The molecular weight excluding hydrogens is 270 g/mol. The minimum atomic E-state index is -0.546. The van der Waals surface area contributed by atoms with Crippen LogP contribution >= 0.6 is 11.3 Å². The Bertz CT molecular complexity index is 551. The van der Waals surface area contributed by atoms with Crippen molar-refractivity contribution in [1.29, 1.82) is 0 Å². The summed E-state index contributed by atoms with van der Waals surface area (Å²) in [4.78, 5) is 10.8. The van der Waals surface area contributed by atoms with Crippen LogP contribution in [0.25, 0.3) is 0 Å². The van der Waals surface area contributed by atoms with Crippen LogP contribution in [0.4, 0.5) is 10.5 Å². The van der Waals surface area contributed by atoms with E-state index in [0.717, 1.165) is 0 Å². The van der Waals surface area contributed by atoms with E-state index in [1.165, 1.54) is 11.1 Å². The van der Waals surface area contributed by atoms with Gasteiger partial charge in [-0.05, 0) is 53.9 Å². The van der Waals surface area contributed by atoms with Crippen LogP contribution in [0.2, 0.25) is 0 Å². The molecule has 0 saturated heterocycles. The molecule has 0 bridgehead atoms. The van der Waals surface area contributed by atoms with Gasteiger partial charge in [-0.3, -0.25) is 0 Å². The van der Waals surface area contributed by atoms with Gasteiger partial charge in [-0.15, -0.1) is 0 Å². The topological polar surface area (TPSA) is 67.2 Å². The normalized spacial score (nSPS) is 13.7. The number of amides is 2. The van der Waals surface area contributed by atoms with Crippen LogP contribution in [-0.4, -0.2) is 6.03 Å². The SMILES string of the molecule is CC(NC(C)c1ccsc1)c1ccc(NC(N)=O)cc1. The number of thiophene rings is 1. The molecule has 1 aromatic heterocycles. The molecule has 20 heavy (non-hydrogen) atoms. The van der Waals surface area contributed by atoms with Gasteiger partial charge in [0.05, 0.1) is 0 Å². The summed E-state index contributed by atoms with van der Waals surface area (Å²) in [5, 5.41) is 10.4. The Kier molecular flexibility index (Phi) is 4.76. The number of carbonyl (C=O) groups excluding carboxylic acids is 1. The van der Waals surface area contributed by atoms with Gasteiger partial charge < -0.3 is 16.4 Å². The largest absolute Gasteiger partial charge is 0.351 e. The van der Waals surface area contributed by atoms with Crippen molar-refractivity contribution in [2.45, 2.75) is 25.9 Å². The lowest BCUT2D eigenvalue weighted by molar-refractivity contribution is 0.259. The molecule has 4 N–H and O–H groups in total. The molecule has 1 aromatic carbocycles. The number of hydrogen-bond acceptors (Lipinski definition) is 3. The first-order valence-electron chi connectivity index (χ1n) is 6.51. The highest BCUT2D eigenvalue weighted by atomic mass is 32.1. The molecule has 2 atom stereocenters. The average molecular weight is 289 g/mol. The molecule has 0 spiro atoms. The van der Waals surface area contributed by atoms with Crippen molar-refractivity contribution < 1.29 is 4.79 Å². The summed E-state index contributed by atoms with van der Waals surface area (Å²) >= 11 is 1.71. The molecule has 2 aromatic rings. The first-order chi connectivity index (χ1) is 9.56. The zero-order valence-corrected chi connectivity index (χ0v) is 12.4. The summed E-state index contributed by atoms with van der Waals surface area (Å²) in [6.45, 7) is 4.28. The Morgan fingerprint density at radius 1 is 1.10 bits per heavy atom. The molecule has 2 amide bonds. The van der Waals surface area contributed by atoms with Crippen molar-refractivity contribution in [3.05, 3.63) is 52.2 Å². The fourth-order valence-corrected chi connectivity index (χ4v) is 2.84. The predicted octanol–water partition coefficient (Wildman–Crippen LogP) is 3.65. The van der Waals surface area contributed by atoms with E-state index >= 15 is 0 Å². The number of primary amides is 1. The number of anilines is 1. The second-order valence-corrected chi connectivity index (χ2v) is 5.56. The average Bonchev–Trinajstić information content (AvgIpc) is 2.92. The van der Waals surface area contributed by atoms with Gasteiger partial charge in [-0.1, -0.05) is 12.1 Å². The highest BCUT2D eigenvalue weighted by molar-refractivity contribution is 7.07. The number of carbonyl (C=O) groups is 1. The molecule has 106 valence electrons. The Morgan fingerprint density at radius 3 is 2.30 bits per heavy atom. The van der Waals surface area contributed by atoms with Crippen LogP contribution in [0, 0.1) is 0 Å². The molecule has 5 heteroatoms. The lowest BCUT2D eigenvalue weighted by atomic mass is 10.1. The van der Waals surface area contributed by atoms with E-state index in [4.69, 9.17) is 5.73 Å². The van der Waals surface area contributed by atoms with Crippen LogP contribution < -0.4 is 16.4 Å². The third-order valence-corrected chi connectivity index (χ3v) is 3.92. The van der Waals surface area contributed by atoms with Gasteiger partial charge in [-0.2, -0.15) is 11.3 Å². The fraction of sp³-hybridized carbons (Fsp3) is 0.267. The van der Waals surface area contributed by atoms with Gasteiger partial charge >= 0.3 is 6.03 Å². The summed E-state index contributed by atoms with van der Waals surface area (Å²) in [5.41, 5.74) is 8.26. The van der Waals surface area contributed by atoms with E-state index in [-0.39, 0.29) is 6.04 Å². The van der Waals surface area contributed by atoms with Crippen molar-refractivity contribution in [1.82, 2.24) is 5.32 Å². The van der Waals surface area contributed by atoms with Crippen LogP contribution in [0.3, 0.4) is 0 Å². The number of rotatable bonds is 5. The maximum atomic E-state index is 10.8. The van der Waals surface area contributed by atoms with E-state index < -0.39 is 6.03 Å². The van der Waals surface area contributed by atoms with E-state index in [2.05, 4.69) is 41.3 Å². The summed E-state index contributed by atoms with van der Waals surface area (Å²) in [5.74, 6) is 0. The Hall–Kier alpha value is -1.85. The minimum Gasteiger partial charge on any atom is -0.351 e. The first kappa shape index (κ1) is 14.6. The summed E-state index contributed by atoms with van der Waals surface area (Å²) in [6, 6.07) is 9.81. The summed E-state index contributed by atoms with van der Waals surface area (Å²) < 4.78 is 0. The molecular formula is C15H19N3OS. The Labute approximate surface area is 123 Å². The quantitative estimate of drug-likeness (QED) is 0.786. The van der Waals surface area contributed by atoms with Crippen LogP contribution in [-0.2, 0) is 0 Å². The standard InChI is InChI=1S/C15H19N3OS/c1-10(17-11(2)13-7-8-20-9-13)12-3-5-14(6-4-12)18-15(16)19/h3-11,17H,1-2H3,(H3,16,18,19). The lowest BCUT2D eigenvalue weighted by Crippen LogP contribution is -2.22. The van der Waals surface area contributed by atoms with E-state index in [1.54, 1.807) is 11.3 Å². The number of urea groups is 1. The maximum absolute atomic E-state index is 10.8. The van der Waals surface area contributed by atoms with Crippen LogP contribution in [0.15, 0.2) is 41.1 Å². The Morgan fingerprint density at radius 2 is 1.75 bits per heavy atom. The molecule has 0 aliphatic heterocycles. The van der Waals surface area contributed by atoms with Gasteiger partial charge in [0, 0.05) is 17.8 Å². The van der Waals surface area contributed by atoms with Crippen LogP contribution in [0.1, 0.15) is 37.1 Å². The second kappa shape index (κ2) is 6.54. The monoisotopic (exact) mass is 289 g/mol. The third kappa shape index (κ3) is 3.82. The first-order valence-corrected chi connectivity index (χ1v) is 7.45. The zero-order valence-electron chi connectivity index (χ0n) is 11.6. The highest BCUT2D eigenvalue weighted by Crippen LogP contribution is 2.22. The molecule has 4 nitrogen and oxygen atoms in total. The molecule has 2 unspecified atom stereocenters.